The van der Waals surface area contributed by atoms with Gasteiger partial charge in [0.15, 0.2) is 0 Å². The van der Waals surface area contributed by atoms with Crippen molar-refractivity contribution in [3.63, 3.8) is 0 Å². The van der Waals surface area contributed by atoms with Gasteiger partial charge in [-0.2, -0.15) is 0 Å². The van der Waals surface area contributed by atoms with Crippen LogP contribution in [0.4, 0.5) is 0 Å². The predicted molar refractivity (Wildman–Crippen MR) is 79.1 cm³/mol. The standard InChI is InChI=1S/C16H25NO3/c1-11-8-12(2)16(15(9-11)20-3)14(19)10-17-6-4-13(18)5-7-17/h8-9,13-14,18-19H,4-7,10H2,1-3H3. The van der Waals surface area contributed by atoms with E-state index in [1.54, 1.807) is 7.11 Å². The number of aryl methyl sites for hydroxylation is 2. The number of hydrogen-bond donors (Lipinski definition) is 2. The SMILES string of the molecule is COc1cc(C)cc(C)c1C(O)CN1CCC(O)CC1. The largest absolute Gasteiger partial charge is 0.496 e. The normalized spacial score (nSPS) is 19.1. The molecule has 1 saturated heterocycles. The van der Waals surface area contributed by atoms with Crippen LogP contribution < -0.4 is 4.74 Å². The molecule has 4 heteroatoms. The van der Waals surface area contributed by atoms with Crippen molar-refractivity contribution in [2.45, 2.75) is 38.9 Å². The number of benzene rings is 1. The minimum atomic E-state index is -0.555. The fourth-order valence-electron chi connectivity index (χ4n) is 2.97. The number of nitrogens with zero attached hydrogens (tertiary/aromatic N) is 1. The summed E-state index contributed by atoms with van der Waals surface area (Å²) < 4.78 is 5.42. The Morgan fingerprint density at radius 2 is 1.95 bits per heavy atom. The second-order valence-corrected chi connectivity index (χ2v) is 5.75. The van der Waals surface area contributed by atoms with E-state index in [0.29, 0.717) is 6.54 Å². The third-order valence-electron chi connectivity index (χ3n) is 4.03. The number of aliphatic hydroxyl groups excluding tert-OH is 2. The Hall–Kier alpha value is -1.10. The number of piperidine rings is 1. The molecule has 0 amide bonds. The summed E-state index contributed by atoms with van der Waals surface area (Å²) in [5, 5.41) is 20.1. The number of methoxy groups -OCH3 is 1. The van der Waals surface area contributed by atoms with Crippen LogP contribution >= 0.6 is 0 Å². The highest BCUT2D eigenvalue weighted by Gasteiger charge is 2.23. The lowest BCUT2D eigenvalue weighted by Gasteiger charge is -2.31. The van der Waals surface area contributed by atoms with Gasteiger partial charge in [0.2, 0.25) is 0 Å². The van der Waals surface area contributed by atoms with Gasteiger partial charge in [-0.05, 0) is 43.9 Å². The number of hydrogen-bond acceptors (Lipinski definition) is 4. The maximum Gasteiger partial charge on any atom is 0.125 e. The van der Waals surface area contributed by atoms with Gasteiger partial charge in [0.1, 0.15) is 5.75 Å². The second-order valence-electron chi connectivity index (χ2n) is 5.75. The maximum absolute atomic E-state index is 10.5. The molecule has 1 aromatic carbocycles. The fourth-order valence-corrected chi connectivity index (χ4v) is 2.97. The quantitative estimate of drug-likeness (QED) is 0.882. The van der Waals surface area contributed by atoms with Gasteiger partial charge in [0.05, 0.1) is 19.3 Å². The molecule has 1 unspecified atom stereocenters. The zero-order valence-corrected chi connectivity index (χ0v) is 12.6. The Morgan fingerprint density at radius 1 is 1.30 bits per heavy atom. The van der Waals surface area contributed by atoms with E-state index in [0.717, 1.165) is 48.4 Å². The van der Waals surface area contributed by atoms with Gasteiger partial charge in [-0.15, -0.1) is 0 Å². The fraction of sp³-hybridized carbons (Fsp3) is 0.625. The van der Waals surface area contributed by atoms with Crippen molar-refractivity contribution in [2.75, 3.05) is 26.7 Å². The highest BCUT2D eigenvalue weighted by molar-refractivity contribution is 5.44. The monoisotopic (exact) mass is 279 g/mol. The summed E-state index contributed by atoms with van der Waals surface area (Å²) in [6, 6.07) is 4.03. The van der Waals surface area contributed by atoms with Crippen LogP contribution in [-0.4, -0.2) is 48.0 Å². The van der Waals surface area contributed by atoms with Crippen molar-refractivity contribution in [1.29, 1.82) is 0 Å². The van der Waals surface area contributed by atoms with Gasteiger partial charge in [0.25, 0.3) is 0 Å². The second kappa shape index (κ2) is 6.57. The molecule has 0 bridgehead atoms. The number of ether oxygens (including phenoxy) is 1. The van der Waals surface area contributed by atoms with E-state index < -0.39 is 6.10 Å². The first kappa shape index (κ1) is 15.3. The summed E-state index contributed by atoms with van der Waals surface area (Å²) >= 11 is 0. The Balaban J connectivity index is 2.10. The molecule has 0 saturated carbocycles. The molecule has 1 atom stereocenters. The van der Waals surface area contributed by atoms with Gasteiger partial charge in [0, 0.05) is 25.2 Å². The van der Waals surface area contributed by atoms with Gasteiger partial charge in [-0.3, -0.25) is 0 Å². The molecule has 0 aromatic heterocycles. The molecule has 0 radical (unpaired) electrons. The number of rotatable bonds is 4. The van der Waals surface area contributed by atoms with Crippen LogP contribution in [-0.2, 0) is 0 Å². The van der Waals surface area contributed by atoms with E-state index in [4.69, 9.17) is 4.74 Å². The average Bonchev–Trinajstić information content (AvgIpc) is 2.40. The van der Waals surface area contributed by atoms with Crippen molar-refractivity contribution < 1.29 is 14.9 Å². The average molecular weight is 279 g/mol. The van der Waals surface area contributed by atoms with Crippen LogP contribution in [0.1, 0.15) is 35.6 Å². The van der Waals surface area contributed by atoms with Crippen LogP contribution in [0.25, 0.3) is 0 Å². The van der Waals surface area contributed by atoms with Crippen molar-refractivity contribution in [1.82, 2.24) is 4.90 Å². The molecule has 0 spiro atoms. The lowest BCUT2D eigenvalue weighted by molar-refractivity contribution is 0.0499. The molecular weight excluding hydrogens is 254 g/mol. The van der Waals surface area contributed by atoms with Gasteiger partial charge in [-0.25, -0.2) is 0 Å². The first-order chi connectivity index (χ1) is 9.51. The van der Waals surface area contributed by atoms with E-state index in [1.807, 2.05) is 19.9 Å². The summed E-state index contributed by atoms with van der Waals surface area (Å²) in [5.41, 5.74) is 3.08. The van der Waals surface area contributed by atoms with Crippen molar-refractivity contribution in [3.05, 3.63) is 28.8 Å². The Kier molecular flexibility index (Phi) is 5.02. The molecule has 112 valence electrons. The maximum atomic E-state index is 10.5. The van der Waals surface area contributed by atoms with Gasteiger partial charge >= 0.3 is 0 Å². The third kappa shape index (κ3) is 3.51. The zero-order valence-electron chi connectivity index (χ0n) is 12.6. The Bertz CT molecular complexity index is 453. The van der Waals surface area contributed by atoms with Gasteiger partial charge < -0.3 is 19.8 Å². The minimum absolute atomic E-state index is 0.181. The van der Waals surface area contributed by atoms with Crippen LogP contribution in [0.15, 0.2) is 12.1 Å². The molecule has 2 rings (SSSR count). The van der Waals surface area contributed by atoms with Gasteiger partial charge in [-0.1, -0.05) is 6.07 Å². The highest BCUT2D eigenvalue weighted by Crippen LogP contribution is 2.31. The van der Waals surface area contributed by atoms with Crippen LogP contribution in [0.3, 0.4) is 0 Å². The summed E-state index contributed by atoms with van der Waals surface area (Å²) in [4.78, 5) is 2.20. The molecule has 2 N–H and O–H groups in total. The summed E-state index contributed by atoms with van der Waals surface area (Å²) in [6.45, 7) is 6.30. The molecule has 4 nitrogen and oxygen atoms in total. The lowest BCUT2D eigenvalue weighted by Crippen LogP contribution is -2.38. The van der Waals surface area contributed by atoms with E-state index in [-0.39, 0.29) is 6.10 Å². The number of likely N-dealkylation sites (tertiary alicyclic amines) is 1. The number of β-amino-alcohol motifs (C(OH)–C–C–N with tert-alkyl or cyclic N) is 1. The first-order valence-electron chi connectivity index (χ1n) is 7.25. The highest BCUT2D eigenvalue weighted by atomic mass is 16.5. The topological polar surface area (TPSA) is 52.9 Å². The van der Waals surface area contributed by atoms with Crippen LogP contribution in [0, 0.1) is 13.8 Å². The number of aliphatic hydroxyl groups is 2. The van der Waals surface area contributed by atoms with Crippen LogP contribution in [0.5, 0.6) is 5.75 Å². The predicted octanol–water partition coefficient (Wildman–Crippen LogP) is 1.80. The van der Waals surface area contributed by atoms with E-state index in [2.05, 4.69) is 11.0 Å². The van der Waals surface area contributed by atoms with E-state index in [9.17, 15) is 10.2 Å². The Labute approximate surface area is 121 Å². The summed E-state index contributed by atoms with van der Waals surface area (Å²) in [6.07, 6.45) is 0.841. The molecule has 0 aliphatic carbocycles. The molecule has 1 aromatic rings. The van der Waals surface area contributed by atoms with Crippen molar-refractivity contribution in [3.8, 4) is 5.75 Å². The first-order valence-corrected chi connectivity index (χ1v) is 7.25. The lowest BCUT2D eigenvalue weighted by atomic mass is 9.98. The minimum Gasteiger partial charge on any atom is -0.496 e. The molecule has 1 aliphatic rings. The Morgan fingerprint density at radius 3 is 2.55 bits per heavy atom. The van der Waals surface area contributed by atoms with E-state index >= 15 is 0 Å². The third-order valence-corrected chi connectivity index (χ3v) is 4.03. The molecule has 20 heavy (non-hydrogen) atoms. The summed E-state index contributed by atoms with van der Waals surface area (Å²) in [5.74, 6) is 0.757. The van der Waals surface area contributed by atoms with Crippen LogP contribution in [0.2, 0.25) is 0 Å². The summed E-state index contributed by atoms with van der Waals surface area (Å²) in [7, 11) is 1.64. The molecule has 1 aliphatic heterocycles. The van der Waals surface area contributed by atoms with E-state index in [1.165, 1.54) is 0 Å². The van der Waals surface area contributed by atoms with Crippen molar-refractivity contribution >= 4 is 0 Å². The zero-order chi connectivity index (χ0) is 14.7. The van der Waals surface area contributed by atoms with Crippen molar-refractivity contribution in [2.24, 2.45) is 0 Å². The smallest absolute Gasteiger partial charge is 0.125 e. The molecule has 1 fully saturated rings. The molecular formula is C16H25NO3. The molecule has 1 heterocycles.